The average molecular weight is 680 g/mol. The van der Waals surface area contributed by atoms with E-state index in [4.69, 9.17) is 0 Å². The molecule has 0 spiro atoms. The highest BCUT2D eigenvalue weighted by Crippen LogP contribution is 2.57. The first-order chi connectivity index (χ1) is 20.5. The molecule has 2 amide bonds. The number of nitrogens with zero attached hydrogens (tertiary/aromatic N) is 1. The SMILES string of the molecule is CC1=CC(=O)C2=C(C1=O)[C@@H](c1cc(Br)ccc1O)C1=CC[C@@H]3C(=O)N(c4cc(C(F)(F)F)cc(C(F)(F)F)c4)C(=O)[C@@H]3[C@@H]1C2. The fourth-order valence-corrected chi connectivity index (χ4v) is 7.17. The van der Waals surface area contributed by atoms with E-state index < -0.39 is 76.2 Å². The predicted molar refractivity (Wildman–Crippen MR) is 146 cm³/mol. The summed E-state index contributed by atoms with van der Waals surface area (Å²) in [6.07, 6.45) is -7.89. The molecule has 13 heteroatoms. The van der Waals surface area contributed by atoms with E-state index in [1.807, 2.05) is 0 Å². The largest absolute Gasteiger partial charge is 0.508 e. The van der Waals surface area contributed by atoms with Gasteiger partial charge in [-0.1, -0.05) is 27.6 Å². The van der Waals surface area contributed by atoms with Crippen LogP contribution in [0.25, 0.3) is 0 Å². The van der Waals surface area contributed by atoms with Crippen molar-refractivity contribution < 1.29 is 50.6 Å². The van der Waals surface area contributed by atoms with Crippen molar-refractivity contribution in [2.45, 2.75) is 38.0 Å². The number of alkyl halides is 6. The molecule has 0 aromatic heterocycles. The predicted octanol–water partition coefficient (Wildman–Crippen LogP) is 6.83. The quantitative estimate of drug-likeness (QED) is 0.163. The molecule has 3 aliphatic carbocycles. The number of carbonyl (C=O) groups excluding carboxylic acids is 4. The molecule has 1 heterocycles. The summed E-state index contributed by atoms with van der Waals surface area (Å²) < 4.78 is 82.1. The molecule has 2 aromatic carbocycles. The number of phenolic OH excluding ortho intramolecular Hbond substituents is 1. The van der Waals surface area contributed by atoms with E-state index >= 15 is 0 Å². The normalized spacial score (nSPS) is 25.5. The molecule has 0 bridgehead atoms. The summed E-state index contributed by atoms with van der Waals surface area (Å²) in [5, 5.41) is 10.8. The van der Waals surface area contributed by atoms with Gasteiger partial charge in [-0.25, -0.2) is 4.90 Å². The number of imide groups is 1. The lowest BCUT2D eigenvalue weighted by Gasteiger charge is -2.42. The molecule has 6 nitrogen and oxygen atoms in total. The van der Waals surface area contributed by atoms with Gasteiger partial charge in [0, 0.05) is 32.7 Å². The van der Waals surface area contributed by atoms with Gasteiger partial charge in [0.15, 0.2) is 11.6 Å². The van der Waals surface area contributed by atoms with Gasteiger partial charge in [-0.2, -0.15) is 26.3 Å². The maximum Gasteiger partial charge on any atom is 0.416 e. The van der Waals surface area contributed by atoms with Crippen LogP contribution in [0.1, 0.15) is 42.4 Å². The van der Waals surface area contributed by atoms with Gasteiger partial charge in [-0.05, 0) is 68.2 Å². The highest BCUT2D eigenvalue weighted by molar-refractivity contribution is 9.10. The van der Waals surface area contributed by atoms with Crippen molar-refractivity contribution in [2.24, 2.45) is 17.8 Å². The first kappa shape index (κ1) is 30.0. The Kier molecular flexibility index (Phi) is 6.84. The molecule has 0 radical (unpaired) electrons. The number of phenols is 1. The van der Waals surface area contributed by atoms with Crippen LogP contribution in [0.2, 0.25) is 0 Å². The minimum Gasteiger partial charge on any atom is -0.508 e. The molecule has 4 aliphatic rings. The fraction of sp³-hybridized carbons (Fsp3) is 0.290. The number of fused-ring (bicyclic) bond motifs is 3. The van der Waals surface area contributed by atoms with Crippen LogP contribution in [0.3, 0.4) is 0 Å². The van der Waals surface area contributed by atoms with Crippen LogP contribution in [0, 0.1) is 17.8 Å². The van der Waals surface area contributed by atoms with Gasteiger partial charge in [0.2, 0.25) is 11.8 Å². The average Bonchev–Trinajstić information content (AvgIpc) is 3.20. The molecule has 0 unspecified atom stereocenters. The summed E-state index contributed by atoms with van der Waals surface area (Å²) in [6.45, 7) is 1.47. The molecule has 4 atom stereocenters. The molecule has 1 aliphatic heterocycles. The number of benzene rings is 2. The number of halogens is 7. The summed E-state index contributed by atoms with van der Waals surface area (Å²) in [7, 11) is 0. The van der Waals surface area contributed by atoms with Crippen molar-refractivity contribution in [2.75, 3.05) is 4.90 Å². The topological polar surface area (TPSA) is 91.8 Å². The molecular formula is C31H20BrF6NO5. The van der Waals surface area contributed by atoms with E-state index in [1.54, 1.807) is 18.2 Å². The van der Waals surface area contributed by atoms with Crippen molar-refractivity contribution in [1.29, 1.82) is 0 Å². The van der Waals surface area contributed by atoms with Crippen LogP contribution in [0.4, 0.5) is 32.0 Å². The number of rotatable bonds is 2. The van der Waals surface area contributed by atoms with E-state index in [1.165, 1.54) is 13.0 Å². The third-order valence-corrected chi connectivity index (χ3v) is 9.19. The smallest absolute Gasteiger partial charge is 0.416 e. The lowest BCUT2D eigenvalue weighted by atomic mass is 9.59. The Balaban J connectivity index is 1.49. The molecule has 1 N–H and O–H groups in total. The highest BCUT2D eigenvalue weighted by Gasteiger charge is 2.57. The van der Waals surface area contributed by atoms with Crippen LogP contribution in [0.15, 0.2) is 75.3 Å². The Hall–Kier alpha value is -4.00. The minimum absolute atomic E-state index is 0.0740. The van der Waals surface area contributed by atoms with Crippen molar-refractivity contribution in [3.8, 4) is 5.75 Å². The maximum absolute atomic E-state index is 13.9. The summed E-state index contributed by atoms with van der Waals surface area (Å²) in [4.78, 5) is 54.5. The Morgan fingerprint density at radius 1 is 0.886 bits per heavy atom. The summed E-state index contributed by atoms with van der Waals surface area (Å²) in [6, 6.07) is 5.06. The summed E-state index contributed by atoms with van der Waals surface area (Å²) in [5.41, 5.74) is -3.15. The number of amides is 2. The van der Waals surface area contributed by atoms with Gasteiger partial charge in [0.05, 0.1) is 28.7 Å². The van der Waals surface area contributed by atoms with E-state index in [0.29, 0.717) is 27.1 Å². The zero-order chi connectivity index (χ0) is 32.0. The van der Waals surface area contributed by atoms with Crippen LogP contribution in [-0.4, -0.2) is 28.5 Å². The third kappa shape index (κ3) is 4.63. The maximum atomic E-state index is 13.9. The van der Waals surface area contributed by atoms with Crippen LogP contribution in [0.5, 0.6) is 5.75 Å². The van der Waals surface area contributed by atoms with Crippen molar-refractivity contribution >= 4 is 45.0 Å². The third-order valence-electron chi connectivity index (χ3n) is 8.70. The highest BCUT2D eigenvalue weighted by atomic mass is 79.9. The first-order valence-corrected chi connectivity index (χ1v) is 14.1. The van der Waals surface area contributed by atoms with Crippen molar-refractivity contribution in [3.63, 3.8) is 0 Å². The Bertz CT molecular complexity index is 1750. The summed E-state index contributed by atoms with van der Waals surface area (Å²) in [5.74, 6) is -7.41. The summed E-state index contributed by atoms with van der Waals surface area (Å²) >= 11 is 3.34. The first-order valence-electron chi connectivity index (χ1n) is 13.3. The number of hydrogen-bond acceptors (Lipinski definition) is 5. The van der Waals surface area contributed by atoms with Crippen LogP contribution < -0.4 is 4.90 Å². The Morgan fingerprint density at radius 3 is 2.14 bits per heavy atom. The second kappa shape index (κ2) is 10.0. The molecule has 2 aromatic rings. The van der Waals surface area contributed by atoms with Gasteiger partial charge in [0.25, 0.3) is 0 Å². The monoisotopic (exact) mass is 679 g/mol. The standard InChI is InChI=1S/C31H20BrF6NO5/c1-12-6-23(41)21-11-19-17(24(26(21)27(12)42)20-10-15(32)2-5-22(20)40)3-4-18-25(19)29(44)39(28(18)43)16-8-13(30(33,34)35)7-14(9-16)31(36,37)38/h2-3,5-10,18-19,24-25,40H,4,11H2,1H3/t18-,19+,24+,25-/m0/s1. The molecule has 44 heavy (non-hydrogen) atoms. The Labute approximate surface area is 253 Å². The number of anilines is 1. The van der Waals surface area contributed by atoms with Crippen LogP contribution >= 0.6 is 15.9 Å². The Morgan fingerprint density at radius 2 is 1.52 bits per heavy atom. The number of hydrogen-bond donors (Lipinski definition) is 1. The minimum atomic E-state index is -5.20. The van der Waals surface area contributed by atoms with E-state index in [2.05, 4.69) is 15.9 Å². The van der Waals surface area contributed by atoms with Crippen molar-refractivity contribution in [3.05, 3.63) is 92.0 Å². The van der Waals surface area contributed by atoms with E-state index in [9.17, 15) is 50.6 Å². The zero-order valence-corrected chi connectivity index (χ0v) is 24.1. The number of carbonyl (C=O) groups is 4. The number of ketones is 2. The van der Waals surface area contributed by atoms with Gasteiger partial charge in [0.1, 0.15) is 5.75 Å². The van der Waals surface area contributed by atoms with Gasteiger partial charge >= 0.3 is 12.4 Å². The lowest BCUT2D eigenvalue weighted by molar-refractivity contribution is -0.143. The van der Waals surface area contributed by atoms with Crippen molar-refractivity contribution in [1.82, 2.24) is 0 Å². The molecule has 228 valence electrons. The lowest BCUT2D eigenvalue weighted by Crippen LogP contribution is -2.39. The number of Topliss-reactive ketones (excluding diaryl/α,β-unsaturated/α-hetero) is 1. The number of allylic oxidation sites excluding steroid dienone is 6. The molecule has 1 fully saturated rings. The second-order valence-corrected chi connectivity index (χ2v) is 12.1. The van der Waals surface area contributed by atoms with E-state index in [0.717, 1.165) is 6.08 Å². The van der Waals surface area contributed by atoms with Crippen LogP contribution in [-0.2, 0) is 31.5 Å². The van der Waals surface area contributed by atoms with E-state index in [-0.39, 0.29) is 46.9 Å². The molecular weight excluding hydrogens is 660 g/mol. The van der Waals surface area contributed by atoms with Gasteiger partial charge < -0.3 is 5.11 Å². The fourth-order valence-electron chi connectivity index (χ4n) is 6.80. The molecule has 1 saturated heterocycles. The molecule has 0 saturated carbocycles. The molecule has 6 rings (SSSR count). The van der Waals surface area contributed by atoms with Gasteiger partial charge in [-0.3, -0.25) is 19.2 Å². The van der Waals surface area contributed by atoms with Gasteiger partial charge in [-0.15, -0.1) is 0 Å². The number of aromatic hydroxyl groups is 1. The zero-order valence-electron chi connectivity index (χ0n) is 22.5. The second-order valence-electron chi connectivity index (χ2n) is 11.2.